The van der Waals surface area contributed by atoms with Gasteiger partial charge in [-0.15, -0.1) is 0 Å². The van der Waals surface area contributed by atoms with Gasteiger partial charge in [-0.05, 0) is 31.4 Å². The molecule has 21 heavy (non-hydrogen) atoms. The van der Waals surface area contributed by atoms with Crippen LogP contribution in [0.1, 0.15) is 43.6 Å². The zero-order valence-corrected chi connectivity index (χ0v) is 13.7. The summed E-state index contributed by atoms with van der Waals surface area (Å²) in [5.74, 6) is 1.60. The van der Waals surface area contributed by atoms with Gasteiger partial charge in [0.15, 0.2) is 0 Å². The van der Waals surface area contributed by atoms with E-state index in [0.29, 0.717) is 5.15 Å². The third-order valence-electron chi connectivity index (χ3n) is 3.40. The molecule has 0 fully saturated rings. The Hall–Kier alpha value is -1.61. The Morgan fingerprint density at radius 1 is 1.05 bits per heavy atom. The van der Waals surface area contributed by atoms with Gasteiger partial charge in [0.25, 0.3) is 0 Å². The van der Waals surface area contributed by atoms with E-state index < -0.39 is 0 Å². The predicted molar refractivity (Wildman–Crippen MR) is 89.5 cm³/mol. The SMILES string of the molecule is CCCc1nc(Cl)c(C)c(Nc2ccccc2CCC)n1. The molecule has 2 aromatic rings. The fraction of sp³-hybridized carbons (Fsp3) is 0.412. The molecule has 0 spiro atoms. The Labute approximate surface area is 131 Å². The summed E-state index contributed by atoms with van der Waals surface area (Å²) in [6.07, 6.45) is 4.00. The normalized spacial score (nSPS) is 10.7. The maximum absolute atomic E-state index is 6.23. The molecule has 1 N–H and O–H groups in total. The van der Waals surface area contributed by atoms with Gasteiger partial charge >= 0.3 is 0 Å². The summed E-state index contributed by atoms with van der Waals surface area (Å²) in [4.78, 5) is 8.95. The topological polar surface area (TPSA) is 37.8 Å². The Kier molecular flexibility index (Phi) is 5.57. The Balaban J connectivity index is 2.34. The van der Waals surface area contributed by atoms with Crippen LogP contribution in [0.5, 0.6) is 0 Å². The van der Waals surface area contributed by atoms with Crippen LogP contribution in [-0.4, -0.2) is 9.97 Å². The molecule has 0 aliphatic carbocycles. The molecule has 0 radical (unpaired) electrons. The smallest absolute Gasteiger partial charge is 0.138 e. The van der Waals surface area contributed by atoms with E-state index in [-0.39, 0.29) is 0 Å². The van der Waals surface area contributed by atoms with Crippen molar-refractivity contribution in [3.63, 3.8) is 0 Å². The summed E-state index contributed by atoms with van der Waals surface area (Å²) < 4.78 is 0. The standard InChI is InChI=1S/C17H22ClN3/c1-4-8-13-10-6-7-11-14(13)19-17-12(3)16(18)20-15(21-17)9-5-2/h6-7,10-11H,4-5,8-9H2,1-3H3,(H,19,20,21). The van der Waals surface area contributed by atoms with Crippen molar-refractivity contribution >= 4 is 23.1 Å². The number of nitrogens with zero attached hydrogens (tertiary/aromatic N) is 2. The van der Waals surface area contributed by atoms with Crippen LogP contribution in [0.2, 0.25) is 5.15 Å². The maximum Gasteiger partial charge on any atom is 0.138 e. The summed E-state index contributed by atoms with van der Waals surface area (Å²) in [6, 6.07) is 8.34. The fourth-order valence-corrected chi connectivity index (χ4v) is 2.43. The summed E-state index contributed by atoms with van der Waals surface area (Å²) in [5, 5.41) is 3.96. The van der Waals surface area contributed by atoms with Crippen molar-refractivity contribution in [3.8, 4) is 0 Å². The quantitative estimate of drug-likeness (QED) is 0.756. The number of para-hydroxylation sites is 1. The Bertz CT molecular complexity index is 611. The van der Waals surface area contributed by atoms with Gasteiger partial charge in [0.05, 0.1) is 0 Å². The third-order valence-corrected chi connectivity index (χ3v) is 3.76. The summed E-state index contributed by atoms with van der Waals surface area (Å²) in [7, 11) is 0. The second kappa shape index (κ2) is 7.41. The molecule has 1 aromatic carbocycles. The molecule has 3 nitrogen and oxygen atoms in total. The highest BCUT2D eigenvalue weighted by atomic mass is 35.5. The number of benzene rings is 1. The number of nitrogens with one attached hydrogen (secondary N) is 1. The van der Waals surface area contributed by atoms with Crippen molar-refractivity contribution in [3.05, 3.63) is 46.4 Å². The van der Waals surface area contributed by atoms with Crippen molar-refractivity contribution in [2.24, 2.45) is 0 Å². The number of hydrogen-bond donors (Lipinski definition) is 1. The summed E-state index contributed by atoms with van der Waals surface area (Å²) >= 11 is 6.23. The first-order chi connectivity index (χ1) is 10.2. The van der Waals surface area contributed by atoms with Gasteiger partial charge in [-0.25, -0.2) is 9.97 Å². The molecule has 0 saturated carbocycles. The van der Waals surface area contributed by atoms with E-state index in [2.05, 4.69) is 47.3 Å². The lowest BCUT2D eigenvalue weighted by atomic mass is 10.1. The summed E-state index contributed by atoms with van der Waals surface area (Å²) in [6.45, 7) is 6.24. The van der Waals surface area contributed by atoms with E-state index in [4.69, 9.17) is 11.6 Å². The zero-order valence-electron chi connectivity index (χ0n) is 12.9. The summed E-state index contributed by atoms with van der Waals surface area (Å²) in [5.41, 5.74) is 3.29. The first-order valence-electron chi connectivity index (χ1n) is 7.53. The molecule has 0 aliphatic heterocycles. The predicted octanol–water partition coefficient (Wildman–Crippen LogP) is 5.09. The van der Waals surface area contributed by atoms with E-state index in [9.17, 15) is 0 Å². The van der Waals surface area contributed by atoms with Gasteiger partial charge < -0.3 is 5.32 Å². The lowest BCUT2D eigenvalue weighted by Crippen LogP contribution is -2.05. The second-order valence-corrected chi connectivity index (χ2v) is 5.54. The molecule has 1 heterocycles. The third kappa shape index (κ3) is 3.94. The average Bonchev–Trinajstić information content (AvgIpc) is 2.47. The van der Waals surface area contributed by atoms with E-state index in [1.807, 2.05) is 13.0 Å². The first-order valence-corrected chi connectivity index (χ1v) is 7.91. The number of hydrogen-bond acceptors (Lipinski definition) is 3. The lowest BCUT2D eigenvalue weighted by Gasteiger charge is -2.14. The van der Waals surface area contributed by atoms with E-state index >= 15 is 0 Å². The van der Waals surface area contributed by atoms with Crippen molar-refractivity contribution in [2.45, 2.75) is 46.5 Å². The molecule has 2 rings (SSSR count). The number of anilines is 2. The average molecular weight is 304 g/mol. The highest BCUT2D eigenvalue weighted by Gasteiger charge is 2.10. The van der Waals surface area contributed by atoms with Crippen molar-refractivity contribution < 1.29 is 0 Å². The van der Waals surface area contributed by atoms with Crippen molar-refractivity contribution in [2.75, 3.05) is 5.32 Å². The van der Waals surface area contributed by atoms with Crippen LogP contribution in [0.25, 0.3) is 0 Å². The Morgan fingerprint density at radius 2 is 1.76 bits per heavy atom. The van der Waals surface area contributed by atoms with Crippen LogP contribution in [0.15, 0.2) is 24.3 Å². The van der Waals surface area contributed by atoms with Crippen LogP contribution in [-0.2, 0) is 12.8 Å². The second-order valence-electron chi connectivity index (χ2n) is 5.19. The minimum Gasteiger partial charge on any atom is -0.340 e. The molecular weight excluding hydrogens is 282 g/mol. The van der Waals surface area contributed by atoms with E-state index in [1.165, 1.54) is 5.56 Å². The highest BCUT2D eigenvalue weighted by molar-refractivity contribution is 6.30. The molecular formula is C17H22ClN3. The molecule has 0 amide bonds. The molecule has 1 aromatic heterocycles. The lowest BCUT2D eigenvalue weighted by molar-refractivity contribution is 0.833. The Morgan fingerprint density at radius 3 is 2.48 bits per heavy atom. The molecule has 0 saturated heterocycles. The van der Waals surface area contributed by atoms with Crippen LogP contribution in [0.4, 0.5) is 11.5 Å². The van der Waals surface area contributed by atoms with Gasteiger partial charge in [0, 0.05) is 17.7 Å². The molecule has 112 valence electrons. The molecule has 0 unspecified atom stereocenters. The monoisotopic (exact) mass is 303 g/mol. The highest BCUT2D eigenvalue weighted by Crippen LogP contribution is 2.26. The van der Waals surface area contributed by atoms with Gasteiger partial charge in [-0.2, -0.15) is 0 Å². The van der Waals surface area contributed by atoms with E-state index in [1.54, 1.807) is 0 Å². The van der Waals surface area contributed by atoms with Gasteiger partial charge in [-0.1, -0.05) is 50.1 Å². The van der Waals surface area contributed by atoms with E-state index in [0.717, 1.165) is 48.6 Å². The number of rotatable bonds is 6. The molecule has 0 aliphatic rings. The largest absolute Gasteiger partial charge is 0.340 e. The van der Waals surface area contributed by atoms with Crippen LogP contribution >= 0.6 is 11.6 Å². The van der Waals surface area contributed by atoms with Crippen LogP contribution < -0.4 is 5.32 Å². The van der Waals surface area contributed by atoms with Crippen molar-refractivity contribution in [1.82, 2.24) is 9.97 Å². The van der Waals surface area contributed by atoms with Gasteiger partial charge in [-0.3, -0.25) is 0 Å². The number of aromatic nitrogens is 2. The van der Waals surface area contributed by atoms with Crippen LogP contribution in [0, 0.1) is 6.92 Å². The molecule has 0 bridgehead atoms. The van der Waals surface area contributed by atoms with Crippen LogP contribution in [0.3, 0.4) is 0 Å². The molecule has 4 heteroatoms. The molecule has 0 atom stereocenters. The first kappa shape index (κ1) is 15.8. The number of halogens is 1. The minimum atomic E-state index is 0.531. The van der Waals surface area contributed by atoms with Crippen molar-refractivity contribution in [1.29, 1.82) is 0 Å². The zero-order chi connectivity index (χ0) is 15.2. The van der Waals surface area contributed by atoms with Gasteiger partial charge in [0.2, 0.25) is 0 Å². The minimum absolute atomic E-state index is 0.531. The van der Waals surface area contributed by atoms with Gasteiger partial charge in [0.1, 0.15) is 16.8 Å². The number of aryl methyl sites for hydroxylation is 2. The fourth-order valence-electron chi connectivity index (χ4n) is 2.25. The maximum atomic E-state index is 6.23.